The summed E-state index contributed by atoms with van der Waals surface area (Å²) in [6.45, 7) is 6.05. The van der Waals surface area contributed by atoms with E-state index < -0.39 is 5.97 Å². The minimum absolute atomic E-state index is 0.208. The SMILES string of the molecule is CCCNC(=O)c1sc(NC(=O)c2cccc(C)c2)c(C(=O)OC)c1C. The first-order chi connectivity index (χ1) is 12.4. The normalized spacial score (nSPS) is 10.3. The molecule has 0 bridgehead atoms. The van der Waals surface area contributed by atoms with Crippen LogP contribution in [0.25, 0.3) is 0 Å². The molecule has 0 radical (unpaired) electrons. The first kappa shape index (κ1) is 19.7. The lowest BCUT2D eigenvalue weighted by Crippen LogP contribution is -2.23. The fourth-order valence-corrected chi connectivity index (χ4v) is 3.55. The summed E-state index contributed by atoms with van der Waals surface area (Å²) in [6.07, 6.45) is 0.803. The predicted octanol–water partition coefficient (Wildman–Crippen LogP) is 3.54. The monoisotopic (exact) mass is 374 g/mol. The average molecular weight is 374 g/mol. The van der Waals surface area contributed by atoms with E-state index in [0.717, 1.165) is 23.3 Å². The van der Waals surface area contributed by atoms with Crippen LogP contribution < -0.4 is 10.6 Å². The van der Waals surface area contributed by atoms with E-state index in [2.05, 4.69) is 10.6 Å². The van der Waals surface area contributed by atoms with Crippen molar-refractivity contribution in [2.75, 3.05) is 19.0 Å². The molecule has 2 aromatic rings. The lowest BCUT2D eigenvalue weighted by atomic mass is 10.1. The highest BCUT2D eigenvalue weighted by atomic mass is 32.1. The number of anilines is 1. The molecule has 0 aliphatic carbocycles. The van der Waals surface area contributed by atoms with Crippen molar-refractivity contribution >= 4 is 34.1 Å². The van der Waals surface area contributed by atoms with Crippen LogP contribution in [0.1, 0.15) is 54.9 Å². The molecule has 0 saturated carbocycles. The minimum Gasteiger partial charge on any atom is -0.465 e. The molecule has 138 valence electrons. The van der Waals surface area contributed by atoms with Crippen molar-refractivity contribution in [2.45, 2.75) is 27.2 Å². The second-order valence-electron chi connectivity index (χ2n) is 5.83. The van der Waals surface area contributed by atoms with Gasteiger partial charge in [-0.05, 0) is 38.0 Å². The van der Waals surface area contributed by atoms with Gasteiger partial charge in [0.05, 0.1) is 17.6 Å². The third kappa shape index (κ3) is 4.29. The van der Waals surface area contributed by atoms with Crippen molar-refractivity contribution in [3.63, 3.8) is 0 Å². The molecule has 7 heteroatoms. The first-order valence-corrected chi connectivity index (χ1v) is 9.08. The van der Waals surface area contributed by atoms with Crippen LogP contribution in [0.3, 0.4) is 0 Å². The summed E-state index contributed by atoms with van der Waals surface area (Å²) in [6, 6.07) is 7.12. The fraction of sp³-hybridized carbons (Fsp3) is 0.316. The topological polar surface area (TPSA) is 84.5 Å². The fourth-order valence-electron chi connectivity index (χ4n) is 2.45. The van der Waals surface area contributed by atoms with E-state index in [4.69, 9.17) is 4.74 Å². The van der Waals surface area contributed by atoms with E-state index in [0.29, 0.717) is 27.5 Å². The summed E-state index contributed by atoms with van der Waals surface area (Å²) in [5.41, 5.74) is 2.13. The number of thiophene rings is 1. The molecule has 0 atom stereocenters. The van der Waals surface area contributed by atoms with Gasteiger partial charge in [0.1, 0.15) is 5.00 Å². The number of aryl methyl sites for hydroxylation is 1. The number of amides is 2. The van der Waals surface area contributed by atoms with E-state index in [1.54, 1.807) is 25.1 Å². The van der Waals surface area contributed by atoms with Gasteiger partial charge in [0.15, 0.2) is 0 Å². The summed E-state index contributed by atoms with van der Waals surface area (Å²) in [5.74, 6) is -1.20. The van der Waals surface area contributed by atoms with Gasteiger partial charge in [-0.2, -0.15) is 0 Å². The van der Waals surface area contributed by atoms with Crippen molar-refractivity contribution in [3.8, 4) is 0 Å². The third-order valence-electron chi connectivity index (χ3n) is 3.79. The number of benzene rings is 1. The van der Waals surface area contributed by atoms with Crippen LogP contribution >= 0.6 is 11.3 Å². The van der Waals surface area contributed by atoms with Gasteiger partial charge in [0.2, 0.25) is 0 Å². The minimum atomic E-state index is -0.590. The number of esters is 1. The summed E-state index contributed by atoms with van der Waals surface area (Å²) in [4.78, 5) is 37.4. The number of hydrogen-bond donors (Lipinski definition) is 2. The van der Waals surface area contributed by atoms with Gasteiger partial charge < -0.3 is 15.4 Å². The molecule has 1 heterocycles. The number of carbonyl (C=O) groups excluding carboxylic acids is 3. The Hall–Kier alpha value is -2.67. The van der Waals surface area contributed by atoms with Gasteiger partial charge in [-0.25, -0.2) is 4.79 Å². The van der Waals surface area contributed by atoms with E-state index in [9.17, 15) is 14.4 Å². The molecule has 1 aromatic heterocycles. The summed E-state index contributed by atoms with van der Waals surface area (Å²) in [5, 5.41) is 5.83. The molecule has 0 fully saturated rings. The summed E-state index contributed by atoms with van der Waals surface area (Å²) in [7, 11) is 1.27. The van der Waals surface area contributed by atoms with Crippen molar-refractivity contribution in [1.29, 1.82) is 0 Å². The van der Waals surface area contributed by atoms with Crippen molar-refractivity contribution in [2.24, 2.45) is 0 Å². The van der Waals surface area contributed by atoms with Crippen LogP contribution in [0.4, 0.5) is 5.00 Å². The second kappa shape index (κ2) is 8.62. The maximum absolute atomic E-state index is 12.5. The molecule has 0 aliphatic heterocycles. The number of methoxy groups -OCH3 is 1. The number of rotatable bonds is 6. The average Bonchev–Trinajstić information content (AvgIpc) is 2.95. The van der Waals surface area contributed by atoms with Crippen LogP contribution in [0, 0.1) is 13.8 Å². The maximum atomic E-state index is 12.5. The van der Waals surface area contributed by atoms with Crippen LogP contribution in [0.2, 0.25) is 0 Å². The van der Waals surface area contributed by atoms with Crippen LogP contribution in [-0.2, 0) is 4.74 Å². The van der Waals surface area contributed by atoms with Gasteiger partial charge in [-0.15, -0.1) is 11.3 Å². The molecule has 0 unspecified atom stereocenters. The Bertz CT molecular complexity index is 842. The Kier molecular flexibility index (Phi) is 6.52. The smallest absolute Gasteiger partial charge is 0.341 e. The van der Waals surface area contributed by atoms with Crippen molar-refractivity contribution in [1.82, 2.24) is 5.32 Å². The summed E-state index contributed by atoms with van der Waals surface area (Å²) < 4.78 is 4.82. The number of carbonyl (C=O) groups is 3. The Morgan fingerprint density at radius 2 is 1.88 bits per heavy atom. The molecular weight excluding hydrogens is 352 g/mol. The largest absolute Gasteiger partial charge is 0.465 e. The van der Waals surface area contributed by atoms with Crippen molar-refractivity contribution in [3.05, 3.63) is 51.4 Å². The highest BCUT2D eigenvalue weighted by Gasteiger charge is 2.26. The highest BCUT2D eigenvalue weighted by molar-refractivity contribution is 7.18. The van der Waals surface area contributed by atoms with E-state index >= 15 is 0 Å². The molecule has 2 rings (SSSR count). The molecule has 26 heavy (non-hydrogen) atoms. The van der Waals surface area contributed by atoms with E-state index in [-0.39, 0.29) is 17.4 Å². The van der Waals surface area contributed by atoms with Gasteiger partial charge in [-0.3, -0.25) is 9.59 Å². The summed E-state index contributed by atoms with van der Waals surface area (Å²) >= 11 is 1.07. The molecule has 2 amide bonds. The Labute approximate surface area is 156 Å². The first-order valence-electron chi connectivity index (χ1n) is 8.27. The van der Waals surface area contributed by atoms with Gasteiger partial charge in [0.25, 0.3) is 11.8 Å². The van der Waals surface area contributed by atoms with Crippen LogP contribution in [0.15, 0.2) is 24.3 Å². The zero-order valence-electron chi connectivity index (χ0n) is 15.3. The molecule has 1 aromatic carbocycles. The number of nitrogens with one attached hydrogen (secondary N) is 2. The zero-order chi connectivity index (χ0) is 19.3. The van der Waals surface area contributed by atoms with Crippen molar-refractivity contribution < 1.29 is 19.1 Å². The van der Waals surface area contributed by atoms with E-state index in [1.165, 1.54) is 7.11 Å². The lowest BCUT2D eigenvalue weighted by Gasteiger charge is -2.06. The Morgan fingerprint density at radius 3 is 2.50 bits per heavy atom. The quantitative estimate of drug-likeness (QED) is 0.758. The lowest BCUT2D eigenvalue weighted by molar-refractivity contribution is 0.0601. The Balaban J connectivity index is 2.38. The van der Waals surface area contributed by atoms with Gasteiger partial charge in [-0.1, -0.05) is 24.6 Å². The standard InChI is InChI=1S/C19H22N2O4S/c1-5-9-20-17(23)15-12(3)14(19(24)25-4)18(26-15)21-16(22)13-8-6-7-11(2)10-13/h6-8,10H,5,9H2,1-4H3,(H,20,23)(H,21,22). The van der Waals surface area contributed by atoms with Gasteiger partial charge in [0, 0.05) is 12.1 Å². The molecule has 2 N–H and O–H groups in total. The highest BCUT2D eigenvalue weighted by Crippen LogP contribution is 2.34. The predicted molar refractivity (Wildman–Crippen MR) is 102 cm³/mol. The van der Waals surface area contributed by atoms with Crippen LogP contribution in [-0.4, -0.2) is 31.4 Å². The zero-order valence-corrected chi connectivity index (χ0v) is 16.1. The molecule has 0 aliphatic rings. The van der Waals surface area contributed by atoms with Crippen LogP contribution in [0.5, 0.6) is 0 Å². The second-order valence-corrected chi connectivity index (χ2v) is 6.85. The third-order valence-corrected chi connectivity index (χ3v) is 4.99. The number of ether oxygens (including phenoxy) is 1. The number of hydrogen-bond acceptors (Lipinski definition) is 5. The molecule has 0 spiro atoms. The molecule has 6 nitrogen and oxygen atoms in total. The maximum Gasteiger partial charge on any atom is 0.341 e. The molecular formula is C19H22N2O4S. The van der Waals surface area contributed by atoms with E-state index in [1.807, 2.05) is 19.9 Å². The molecule has 0 saturated heterocycles. The Morgan fingerprint density at radius 1 is 1.15 bits per heavy atom. The van der Waals surface area contributed by atoms with Gasteiger partial charge >= 0.3 is 5.97 Å².